The molecule has 2 heterocycles. The lowest BCUT2D eigenvalue weighted by Crippen LogP contribution is -2.45. The van der Waals surface area contributed by atoms with E-state index in [-0.39, 0.29) is 6.04 Å². The first-order valence-electron chi connectivity index (χ1n) is 7.09. The number of rotatable bonds is 5. The molecule has 0 amide bonds. The van der Waals surface area contributed by atoms with Gasteiger partial charge in [0.25, 0.3) is 0 Å². The predicted octanol–water partition coefficient (Wildman–Crippen LogP) is 4.18. The summed E-state index contributed by atoms with van der Waals surface area (Å²) >= 11 is 18.8. The maximum absolute atomic E-state index is 6.37. The van der Waals surface area contributed by atoms with Crippen LogP contribution in [-0.2, 0) is 0 Å². The van der Waals surface area contributed by atoms with Crippen molar-refractivity contribution in [3.63, 3.8) is 0 Å². The molecule has 20 heavy (non-hydrogen) atoms. The molecule has 0 saturated carbocycles. The average molecular weight is 337 g/mol. The fraction of sp³-hybridized carbons (Fsp3) is 0.643. The molecular formula is C14H20Cl3N3. The van der Waals surface area contributed by atoms with Crippen LogP contribution in [0.2, 0.25) is 15.2 Å². The molecule has 1 N–H and O–H groups in total. The molecule has 0 aliphatic carbocycles. The summed E-state index contributed by atoms with van der Waals surface area (Å²) in [4.78, 5) is 6.46. The topological polar surface area (TPSA) is 28.2 Å². The number of hydrogen-bond donors (Lipinski definition) is 1. The van der Waals surface area contributed by atoms with Crippen LogP contribution in [0.3, 0.4) is 0 Å². The predicted molar refractivity (Wildman–Crippen MR) is 86.0 cm³/mol. The minimum Gasteiger partial charge on any atom is -0.314 e. The Morgan fingerprint density at radius 2 is 2.00 bits per heavy atom. The normalized spacial score (nSPS) is 18.2. The molecule has 1 fully saturated rings. The van der Waals surface area contributed by atoms with Crippen molar-refractivity contribution >= 4 is 34.8 Å². The molecule has 112 valence electrons. The second kappa shape index (κ2) is 7.81. The van der Waals surface area contributed by atoms with E-state index in [4.69, 9.17) is 34.8 Å². The highest BCUT2D eigenvalue weighted by Crippen LogP contribution is 2.39. The Morgan fingerprint density at radius 1 is 1.30 bits per heavy atom. The van der Waals surface area contributed by atoms with Crippen LogP contribution in [0, 0.1) is 0 Å². The molecule has 0 spiro atoms. The second-order valence-corrected chi connectivity index (χ2v) is 6.21. The number of nitrogens with zero attached hydrogens (tertiary/aromatic N) is 2. The zero-order valence-electron chi connectivity index (χ0n) is 11.6. The molecule has 3 nitrogen and oxygen atoms in total. The number of halogens is 3. The smallest absolute Gasteiger partial charge is 0.148 e. The van der Waals surface area contributed by atoms with E-state index < -0.39 is 0 Å². The summed E-state index contributed by atoms with van der Waals surface area (Å²) < 4.78 is 0. The molecule has 1 aromatic heterocycles. The summed E-state index contributed by atoms with van der Waals surface area (Å²) in [7, 11) is 0. The first kappa shape index (κ1) is 16.3. The van der Waals surface area contributed by atoms with Gasteiger partial charge in [0, 0.05) is 44.0 Å². The molecule has 1 saturated heterocycles. The van der Waals surface area contributed by atoms with Crippen LogP contribution in [0.15, 0.2) is 6.20 Å². The summed E-state index contributed by atoms with van der Waals surface area (Å²) in [6.07, 6.45) is 4.93. The molecule has 1 aliphatic rings. The Kier molecular flexibility index (Phi) is 6.37. The third-order valence-electron chi connectivity index (χ3n) is 3.72. The Hall–Kier alpha value is -0.0600. The third kappa shape index (κ3) is 3.77. The zero-order chi connectivity index (χ0) is 14.5. The fourth-order valence-corrected chi connectivity index (χ4v) is 3.41. The van der Waals surface area contributed by atoms with E-state index in [1.807, 2.05) is 0 Å². The van der Waals surface area contributed by atoms with E-state index in [9.17, 15) is 0 Å². The van der Waals surface area contributed by atoms with E-state index in [1.165, 1.54) is 0 Å². The van der Waals surface area contributed by atoms with Crippen molar-refractivity contribution in [2.45, 2.75) is 32.2 Å². The Labute approximate surface area is 135 Å². The van der Waals surface area contributed by atoms with Crippen LogP contribution < -0.4 is 5.32 Å². The monoisotopic (exact) mass is 335 g/mol. The van der Waals surface area contributed by atoms with Crippen LogP contribution in [-0.4, -0.2) is 36.1 Å². The minimum absolute atomic E-state index is 0.220. The van der Waals surface area contributed by atoms with Crippen molar-refractivity contribution in [2.75, 3.05) is 26.2 Å². The first-order valence-corrected chi connectivity index (χ1v) is 8.22. The highest BCUT2D eigenvalue weighted by atomic mass is 35.5. The van der Waals surface area contributed by atoms with Crippen LogP contribution in [0.25, 0.3) is 0 Å². The van der Waals surface area contributed by atoms with E-state index >= 15 is 0 Å². The van der Waals surface area contributed by atoms with Crippen LogP contribution in [0.4, 0.5) is 0 Å². The number of nitrogens with one attached hydrogen (secondary N) is 1. The Morgan fingerprint density at radius 3 is 2.65 bits per heavy atom. The van der Waals surface area contributed by atoms with Gasteiger partial charge in [0.1, 0.15) is 5.15 Å². The van der Waals surface area contributed by atoms with Crippen LogP contribution in [0.5, 0.6) is 0 Å². The van der Waals surface area contributed by atoms with Crippen molar-refractivity contribution in [1.29, 1.82) is 0 Å². The van der Waals surface area contributed by atoms with Gasteiger partial charge < -0.3 is 5.32 Å². The first-order chi connectivity index (χ1) is 9.65. The van der Waals surface area contributed by atoms with Crippen molar-refractivity contribution in [1.82, 2.24) is 15.2 Å². The second-order valence-electron chi connectivity index (χ2n) is 5.07. The number of unbranched alkanes of at least 4 members (excludes halogenated alkanes) is 1. The van der Waals surface area contributed by atoms with Crippen molar-refractivity contribution < 1.29 is 0 Å². The summed E-state index contributed by atoms with van der Waals surface area (Å²) in [5.41, 5.74) is 0.934. The number of pyridine rings is 1. The molecule has 1 aromatic rings. The van der Waals surface area contributed by atoms with Gasteiger partial charge in [-0.15, -0.1) is 0 Å². The van der Waals surface area contributed by atoms with Gasteiger partial charge in [0.15, 0.2) is 0 Å². The van der Waals surface area contributed by atoms with Crippen LogP contribution in [0.1, 0.15) is 37.8 Å². The van der Waals surface area contributed by atoms with Crippen molar-refractivity contribution in [3.05, 3.63) is 27.0 Å². The summed E-state index contributed by atoms with van der Waals surface area (Å²) in [5.74, 6) is 0. The van der Waals surface area contributed by atoms with Gasteiger partial charge in [-0.25, -0.2) is 4.98 Å². The Balaban J connectivity index is 2.32. The minimum atomic E-state index is 0.220. The molecule has 2 rings (SSSR count). The SMILES string of the molecule is CCCC[C@H](c1c(Cl)cnc(Cl)c1Cl)N1CCNCC1. The van der Waals surface area contributed by atoms with Crippen molar-refractivity contribution in [2.24, 2.45) is 0 Å². The lowest BCUT2D eigenvalue weighted by atomic mass is 9.99. The highest BCUT2D eigenvalue weighted by Gasteiger charge is 2.27. The quantitative estimate of drug-likeness (QED) is 0.818. The van der Waals surface area contributed by atoms with E-state index in [1.54, 1.807) is 6.20 Å². The van der Waals surface area contributed by atoms with Gasteiger partial charge in [-0.1, -0.05) is 54.6 Å². The van der Waals surface area contributed by atoms with Crippen molar-refractivity contribution in [3.8, 4) is 0 Å². The van der Waals surface area contributed by atoms with Gasteiger partial charge >= 0.3 is 0 Å². The number of piperazine rings is 1. The molecule has 0 unspecified atom stereocenters. The van der Waals surface area contributed by atoms with Gasteiger partial charge in [-0.2, -0.15) is 0 Å². The standard InChI is InChI=1S/C14H20Cl3N3/c1-2-3-4-11(20-7-5-18-6-8-20)12-10(15)9-19-14(17)13(12)16/h9,11,18H,2-8H2,1H3/t11-/m1/s1. The van der Waals surface area contributed by atoms with Gasteiger partial charge in [-0.3, -0.25) is 4.90 Å². The zero-order valence-corrected chi connectivity index (χ0v) is 13.9. The summed E-state index contributed by atoms with van der Waals surface area (Å²) in [6, 6.07) is 0.220. The molecular weight excluding hydrogens is 317 g/mol. The van der Waals surface area contributed by atoms with E-state index in [0.29, 0.717) is 15.2 Å². The lowest BCUT2D eigenvalue weighted by Gasteiger charge is -2.36. The average Bonchev–Trinajstić information content (AvgIpc) is 2.47. The Bertz CT molecular complexity index is 448. The molecule has 1 atom stereocenters. The molecule has 6 heteroatoms. The van der Waals surface area contributed by atoms with Gasteiger partial charge in [0.2, 0.25) is 0 Å². The fourth-order valence-electron chi connectivity index (χ4n) is 2.66. The summed E-state index contributed by atoms with van der Waals surface area (Å²) in [6.45, 7) is 6.19. The maximum atomic E-state index is 6.37. The molecule has 0 bridgehead atoms. The van der Waals surface area contributed by atoms with Gasteiger partial charge in [-0.05, 0) is 6.42 Å². The molecule has 0 aromatic carbocycles. The van der Waals surface area contributed by atoms with E-state index in [2.05, 4.69) is 22.1 Å². The number of aromatic nitrogens is 1. The molecule has 1 aliphatic heterocycles. The van der Waals surface area contributed by atoms with E-state index in [0.717, 1.165) is 51.0 Å². The van der Waals surface area contributed by atoms with Crippen LogP contribution >= 0.6 is 34.8 Å². The third-order valence-corrected chi connectivity index (χ3v) is 4.79. The maximum Gasteiger partial charge on any atom is 0.148 e. The number of hydrogen-bond acceptors (Lipinski definition) is 3. The van der Waals surface area contributed by atoms with Gasteiger partial charge in [0.05, 0.1) is 10.0 Å². The summed E-state index contributed by atoms with van der Waals surface area (Å²) in [5, 5.41) is 4.82. The largest absolute Gasteiger partial charge is 0.314 e. The highest BCUT2D eigenvalue weighted by molar-refractivity contribution is 6.43. The lowest BCUT2D eigenvalue weighted by molar-refractivity contribution is 0.163. The molecule has 0 radical (unpaired) electrons.